The summed E-state index contributed by atoms with van der Waals surface area (Å²) in [6.07, 6.45) is 11.3. The number of hydrogen-bond donors (Lipinski definition) is 1. The summed E-state index contributed by atoms with van der Waals surface area (Å²) in [5.41, 5.74) is 2.23. The molecule has 1 aliphatic carbocycles. The van der Waals surface area contributed by atoms with Crippen molar-refractivity contribution in [2.24, 2.45) is 5.92 Å². The van der Waals surface area contributed by atoms with E-state index in [4.69, 9.17) is 0 Å². The van der Waals surface area contributed by atoms with Gasteiger partial charge in [0.05, 0.1) is 11.4 Å². The molecule has 0 saturated heterocycles. The summed E-state index contributed by atoms with van der Waals surface area (Å²) in [6.45, 7) is 2.32. The number of anilines is 1. The molecule has 1 aromatic carbocycles. The fourth-order valence-electron chi connectivity index (χ4n) is 3.28. The van der Waals surface area contributed by atoms with Gasteiger partial charge in [0.1, 0.15) is 12.7 Å². The molecule has 0 spiro atoms. The minimum Gasteiger partial charge on any atom is -0.381 e. The Labute approximate surface area is 126 Å². The maximum Gasteiger partial charge on any atom is 0.138 e. The lowest BCUT2D eigenvalue weighted by Crippen LogP contribution is -2.19. The second-order valence-corrected chi connectivity index (χ2v) is 5.98. The number of rotatable bonds is 4. The van der Waals surface area contributed by atoms with E-state index in [-0.39, 0.29) is 0 Å². The number of nitrogens with one attached hydrogen (secondary N) is 1. The van der Waals surface area contributed by atoms with E-state index in [0.717, 1.165) is 17.3 Å². The normalized spacial score (nSPS) is 22.7. The van der Waals surface area contributed by atoms with Crippen molar-refractivity contribution in [1.29, 1.82) is 0 Å². The number of nitrogens with zero attached hydrogens (tertiary/aromatic N) is 3. The van der Waals surface area contributed by atoms with Crippen molar-refractivity contribution in [3.63, 3.8) is 0 Å². The van der Waals surface area contributed by atoms with Crippen LogP contribution < -0.4 is 5.32 Å². The summed E-state index contributed by atoms with van der Waals surface area (Å²) in [6, 6.07) is 8.92. The highest BCUT2D eigenvalue weighted by atomic mass is 15.3. The van der Waals surface area contributed by atoms with E-state index in [2.05, 4.69) is 40.5 Å². The van der Waals surface area contributed by atoms with Crippen molar-refractivity contribution < 1.29 is 0 Å². The first-order chi connectivity index (χ1) is 10.4. The molecule has 0 amide bonds. The standard InChI is InChI=1S/C17H24N4/c1-2-14-6-5-7-15(11-10-14)20-16-8-3-4-9-17(16)21-13-18-12-19-21/h3-4,8-9,12-15,20H,2,5-7,10-11H2,1H3. The molecule has 0 bridgehead atoms. The van der Waals surface area contributed by atoms with Gasteiger partial charge in [0.15, 0.2) is 0 Å². The molecule has 112 valence electrons. The third-order valence-corrected chi connectivity index (χ3v) is 4.59. The Morgan fingerprint density at radius 1 is 1.19 bits per heavy atom. The van der Waals surface area contributed by atoms with Gasteiger partial charge in [-0.3, -0.25) is 0 Å². The monoisotopic (exact) mass is 284 g/mol. The summed E-state index contributed by atoms with van der Waals surface area (Å²) in [4.78, 5) is 4.05. The van der Waals surface area contributed by atoms with Gasteiger partial charge in [0.2, 0.25) is 0 Å². The van der Waals surface area contributed by atoms with Crippen LogP contribution in [0.15, 0.2) is 36.9 Å². The van der Waals surface area contributed by atoms with Crippen LogP contribution >= 0.6 is 0 Å². The number of benzene rings is 1. The van der Waals surface area contributed by atoms with Crippen molar-refractivity contribution in [3.05, 3.63) is 36.9 Å². The van der Waals surface area contributed by atoms with E-state index < -0.39 is 0 Å². The van der Waals surface area contributed by atoms with Gasteiger partial charge in [-0.2, -0.15) is 5.10 Å². The second-order valence-electron chi connectivity index (χ2n) is 5.98. The topological polar surface area (TPSA) is 42.7 Å². The van der Waals surface area contributed by atoms with Crippen LogP contribution in [0.2, 0.25) is 0 Å². The fourth-order valence-corrected chi connectivity index (χ4v) is 3.28. The first kappa shape index (κ1) is 14.1. The molecule has 4 heteroatoms. The molecule has 2 aromatic rings. The largest absolute Gasteiger partial charge is 0.381 e. The van der Waals surface area contributed by atoms with Crippen LogP contribution in [0.3, 0.4) is 0 Å². The van der Waals surface area contributed by atoms with E-state index in [1.807, 2.05) is 10.7 Å². The molecule has 1 aromatic heterocycles. The van der Waals surface area contributed by atoms with E-state index in [9.17, 15) is 0 Å². The quantitative estimate of drug-likeness (QED) is 0.862. The van der Waals surface area contributed by atoms with Crippen LogP contribution in [0, 0.1) is 5.92 Å². The molecule has 3 rings (SSSR count). The smallest absolute Gasteiger partial charge is 0.138 e. The molecular formula is C17H24N4. The third-order valence-electron chi connectivity index (χ3n) is 4.59. The third kappa shape index (κ3) is 3.43. The highest BCUT2D eigenvalue weighted by molar-refractivity contribution is 5.60. The van der Waals surface area contributed by atoms with Gasteiger partial charge in [0.25, 0.3) is 0 Å². The lowest BCUT2D eigenvalue weighted by Gasteiger charge is -2.20. The number of aromatic nitrogens is 3. The van der Waals surface area contributed by atoms with Crippen molar-refractivity contribution in [3.8, 4) is 5.69 Å². The molecule has 1 fully saturated rings. The van der Waals surface area contributed by atoms with Crippen LogP contribution in [0.1, 0.15) is 45.4 Å². The molecule has 0 radical (unpaired) electrons. The molecule has 2 atom stereocenters. The van der Waals surface area contributed by atoms with Crippen LogP contribution in [0.5, 0.6) is 0 Å². The van der Waals surface area contributed by atoms with Gasteiger partial charge in [-0.15, -0.1) is 0 Å². The first-order valence-corrected chi connectivity index (χ1v) is 8.07. The van der Waals surface area contributed by atoms with Gasteiger partial charge < -0.3 is 5.32 Å². The molecule has 1 saturated carbocycles. The zero-order valence-electron chi connectivity index (χ0n) is 12.7. The molecular weight excluding hydrogens is 260 g/mol. The van der Waals surface area contributed by atoms with E-state index in [1.165, 1.54) is 38.5 Å². The van der Waals surface area contributed by atoms with Gasteiger partial charge in [-0.1, -0.05) is 38.3 Å². The molecule has 2 unspecified atom stereocenters. The van der Waals surface area contributed by atoms with Crippen molar-refractivity contribution >= 4 is 5.69 Å². The van der Waals surface area contributed by atoms with Crippen LogP contribution in [0.25, 0.3) is 5.69 Å². The summed E-state index contributed by atoms with van der Waals surface area (Å²) >= 11 is 0. The molecule has 1 aliphatic rings. The van der Waals surface area contributed by atoms with E-state index in [1.54, 1.807) is 12.7 Å². The van der Waals surface area contributed by atoms with Crippen LogP contribution in [-0.4, -0.2) is 20.8 Å². The zero-order valence-corrected chi connectivity index (χ0v) is 12.7. The molecule has 21 heavy (non-hydrogen) atoms. The lowest BCUT2D eigenvalue weighted by atomic mass is 9.98. The highest BCUT2D eigenvalue weighted by Gasteiger charge is 2.18. The number of para-hydroxylation sites is 2. The Kier molecular flexibility index (Phi) is 4.53. The highest BCUT2D eigenvalue weighted by Crippen LogP contribution is 2.28. The van der Waals surface area contributed by atoms with Gasteiger partial charge in [-0.25, -0.2) is 9.67 Å². The molecule has 4 nitrogen and oxygen atoms in total. The Morgan fingerprint density at radius 2 is 2.10 bits per heavy atom. The predicted molar refractivity (Wildman–Crippen MR) is 85.6 cm³/mol. The Bertz CT molecular complexity index is 550. The summed E-state index contributed by atoms with van der Waals surface area (Å²) < 4.78 is 1.83. The van der Waals surface area contributed by atoms with Crippen LogP contribution in [0.4, 0.5) is 5.69 Å². The SMILES string of the molecule is CCC1CCCC(Nc2ccccc2-n2cncn2)CC1. The van der Waals surface area contributed by atoms with Gasteiger partial charge in [-0.05, 0) is 37.3 Å². The molecule has 1 N–H and O–H groups in total. The van der Waals surface area contributed by atoms with Crippen molar-refractivity contribution in [2.45, 2.75) is 51.5 Å². The Balaban J connectivity index is 1.73. The Hall–Kier alpha value is -1.84. The van der Waals surface area contributed by atoms with Crippen molar-refractivity contribution in [1.82, 2.24) is 14.8 Å². The zero-order chi connectivity index (χ0) is 14.5. The fraction of sp³-hybridized carbons (Fsp3) is 0.529. The summed E-state index contributed by atoms with van der Waals surface area (Å²) in [5, 5.41) is 7.98. The Morgan fingerprint density at radius 3 is 2.90 bits per heavy atom. The molecule has 1 heterocycles. The summed E-state index contributed by atoms with van der Waals surface area (Å²) in [7, 11) is 0. The predicted octanol–water partition coefficient (Wildman–Crippen LogP) is 4.04. The maximum absolute atomic E-state index is 4.25. The maximum atomic E-state index is 4.25. The summed E-state index contributed by atoms with van der Waals surface area (Å²) in [5.74, 6) is 0.919. The van der Waals surface area contributed by atoms with E-state index in [0.29, 0.717) is 6.04 Å². The van der Waals surface area contributed by atoms with Gasteiger partial charge >= 0.3 is 0 Å². The van der Waals surface area contributed by atoms with Crippen molar-refractivity contribution in [2.75, 3.05) is 5.32 Å². The first-order valence-electron chi connectivity index (χ1n) is 8.07. The molecule has 0 aliphatic heterocycles. The average molecular weight is 284 g/mol. The van der Waals surface area contributed by atoms with Crippen LogP contribution in [-0.2, 0) is 0 Å². The minimum absolute atomic E-state index is 0.575. The second kappa shape index (κ2) is 6.74. The number of hydrogen-bond acceptors (Lipinski definition) is 3. The van der Waals surface area contributed by atoms with Gasteiger partial charge in [0, 0.05) is 6.04 Å². The van der Waals surface area contributed by atoms with E-state index >= 15 is 0 Å². The minimum atomic E-state index is 0.575. The average Bonchev–Trinajstić information content (AvgIpc) is 2.95. The lowest BCUT2D eigenvalue weighted by molar-refractivity contribution is 0.444.